The molecule has 0 aliphatic heterocycles. The molecule has 0 heterocycles. The lowest BCUT2D eigenvalue weighted by Crippen LogP contribution is -2.37. The van der Waals surface area contributed by atoms with Gasteiger partial charge in [0, 0.05) is 17.6 Å². The molecule has 2 aromatic carbocycles. The predicted molar refractivity (Wildman–Crippen MR) is 125 cm³/mol. The van der Waals surface area contributed by atoms with E-state index >= 15 is 0 Å². The summed E-state index contributed by atoms with van der Waals surface area (Å²) >= 11 is 11.8. The molecule has 3 N–H and O–H groups in total. The van der Waals surface area contributed by atoms with E-state index in [2.05, 4.69) is 15.4 Å². The number of hydrogen-bond donors (Lipinski definition) is 3. The van der Waals surface area contributed by atoms with Gasteiger partial charge in [-0.05, 0) is 55.2 Å². The summed E-state index contributed by atoms with van der Waals surface area (Å²) in [5.41, 5.74) is 1.13. The van der Waals surface area contributed by atoms with Gasteiger partial charge in [-0.3, -0.25) is 9.59 Å². The molecule has 10 heteroatoms. The lowest BCUT2D eigenvalue weighted by Gasteiger charge is -2.13. The Morgan fingerprint density at radius 3 is 2.31 bits per heavy atom. The fourth-order valence-corrected chi connectivity index (χ4v) is 5.30. The molecule has 7 nitrogen and oxygen atoms in total. The Morgan fingerprint density at radius 2 is 1.66 bits per heavy atom. The standard InChI is InChI=1S/C22H25Cl2N3O4S/c23-16-7-10-19(20(24)13-16)22(29)26-14-21(28)25-12-11-15-5-8-18(9-6-15)32(30,31)27-17-3-1-2-4-17/h5-10,13,17,27H,1-4,11-12,14H2,(H,25,28)(H,26,29). The third-order valence-electron chi connectivity index (χ3n) is 5.23. The fraction of sp³-hybridized carbons (Fsp3) is 0.364. The highest BCUT2D eigenvalue weighted by Gasteiger charge is 2.22. The van der Waals surface area contributed by atoms with Crippen LogP contribution in [0, 0.1) is 0 Å². The largest absolute Gasteiger partial charge is 0.354 e. The van der Waals surface area contributed by atoms with Crippen LogP contribution in [0.2, 0.25) is 10.0 Å². The Kier molecular flexibility index (Phi) is 8.53. The maximum Gasteiger partial charge on any atom is 0.253 e. The molecule has 2 amide bonds. The Hall–Kier alpha value is -2.13. The Labute approximate surface area is 197 Å². The van der Waals surface area contributed by atoms with Crippen LogP contribution in [0.3, 0.4) is 0 Å². The van der Waals surface area contributed by atoms with Gasteiger partial charge in [0.2, 0.25) is 15.9 Å². The number of carbonyl (C=O) groups is 2. The molecule has 0 atom stereocenters. The molecular formula is C22H25Cl2N3O4S. The van der Waals surface area contributed by atoms with Crippen molar-refractivity contribution in [3.63, 3.8) is 0 Å². The van der Waals surface area contributed by atoms with E-state index in [1.807, 2.05) is 0 Å². The van der Waals surface area contributed by atoms with Crippen LogP contribution in [-0.2, 0) is 21.2 Å². The first kappa shape index (κ1) is 24.5. The van der Waals surface area contributed by atoms with Gasteiger partial charge in [-0.2, -0.15) is 0 Å². The van der Waals surface area contributed by atoms with E-state index in [4.69, 9.17) is 23.2 Å². The zero-order chi connectivity index (χ0) is 23.1. The van der Waals surface area contributed by atoms with Crippen molar-refractivity contribution in [1.29, 1.82) is 0 Å². The highest BCUT2D eigenvalue weighted by Crippen LogP contribution is 2.21. The van der Waals surface area contributed by atoms with Gasteiger partial charge in [0.1, 0.15) is 0 Å². The van der Waals surface area contributed by atoms with Gasteiger partial charge in [-0.15, -0.1) is 0 Å². The van der Waals surface area contributed by atoms with Crippen LogP contribution in [0.1, 0.15) is 41.6 Å². The SMILES string of the molecule is O=C(CNC(=O)c1ccc(Cl)cc1Cl)NCCc1ccc(S(=O)(=O)NC2CCCC2)cc1. The molecule has 1 saturated carbocycles. The summed E-state index contributed by atoms with van der Waals surface area (Å²) in [5, 5.41) is 5.85. The average molecular weight is 498 g/mol. The summed E-state index contributed by atoms with van der Waals surface area (Å²) in [7, 11) is -3.52. The van der Waals surface area contributed by atoms with Gasteiger partial charge in [-0.1, -0.05) is 48.2 Å². The Morgan fingerprint density at radius 1 is 0.969 bits per heavy atom. The first-order valence-corrected chi connectivity index (χ1v) is 12.6. The van der Waals surface area contributed by atoms with Crippen LogP contribution < -0.4 is 15.4 Å². The number of carbonyl (C=O) groups excluding carboxylic acids is 2. The third kappa shape index (κ3) is 6.93. The number of halogens is 2. The normalized spacial score (nSPS) is 14.3. The van der Waals surface area contributed by atoms with E-state index in [0.717, 1.165) is 31.2 Å². The summed E-state index contributed by atoms with van der Waals surface area (Å²) in [6.45, 7) is 0.157. The Bertz CT molecular complexity index is 1070. The molecule has 1 fully saturated rings. The average Bonchev–Trinajstić information content (AvgIpc) is 3.25. The van der Waals surface area contributed by atoms with E-state index in [1.165, 1.54) is 12.1 Å². The molecule has 2 aromatic rings. The van der Waals surface area contributed by atoms with E-state index in [-0.39, 0.29) is 34.0 Å². The second kappa shape index (κ2) is 11.1. The van der Waals surface area contributed by atoms with Crippen molar-refractivity contribution in [2.45, 2.75) is 43.0 Å². The first-order chi connectivity index (χ1) is 15.2. The van der Waals surface area contributed by atoms with E-state index < -0.39 is 15.9 Å². The fourth-order valence-electron chi connectivity index (χ4n) is 3.50. The molecule has 0 bridgehead atoms. The first-order valence-electron chi connectivity index (χ1n) is 10.4. The van der Waals surface area contributed by atoms with Crippen LogP contribution in [-0.4, -0.2) is 39.4 Å². The van der Waals surface area contributed by atoms with E-state index in [0.29, 0.717) is 18.0 Å². The molecule has 0 aromatic heterocycles. The summed E-state index contributed by atoms with van der Waals surface area (Å²) in [4.78, 5) is 24.4. The molecule has 172 valence electrons. The maximum absolute atomic E-state index is 12.5. The van der Waals surface area contributed by atoms with Crippen LogP contribution in [0.4, 0.5) is 0 Å². The summed E-state index contributed by atoms with van der Waals surface area (Å²) in [6.07, 6.45) is 4.39. The Balaban J connectivity index is 1.41. The minimum absolute atomic E-state index is 0.0195. The van der Waals surface area contributed by atoms with Crippen LogP contribution in [0.5, 0.6) is 0 Å². The van der Waals surface area contributed by atoms with Crippen molar-refractivity contribution in [1.82, 2.24) is 15.4 Å². The van der Waals surface area contributed by atoms with Crippen molar-refractivity contribution in [2.24, 2.45) is 0 Å². The number of hydrogen-bond acceptors (Lipinski definition) is 4. The zero-order valence-electron chi connectivity index (χ0n) is 17.4. The van der Waals surface area contributed by atoms with Crippen molar-refractivity contribution >= 4 is 45.0 Å². The second-order valence-electron chi connectivity index (χ2n) is 7.65. The minimum Gasteiger partial charge on any atom is -0.354 e. The number of rotatable bonds is 9. The molecule has 0 saturated heterocycles. The van der Waals surface area contributed by atoms with Gasteiger partial charge in [0.15, 0.2) is 0 Å². The van der Waals surface area contributed by atoms with Gasteiger partial charge < -0.3 is 10.6 Å². The second-order valence-corrected chi connectivity index (χ2v) is 10.2. The van der Waals surface area contributed by atoms with E-state index in [9.17, 15) is 18.0 Å². The number of sulfonamides is 1. The molecule has 1 aliphatic rings. The molecule has 3 rings (SSSR count). The van der Waals surface area contributed by atoms with Crippen LogP contribution >= 0.6 is 23.2 Å². The molecule has 0 unspecified atom stereocenters. The smallest absolute Gasteiger partial charge is 0.253 e. The van der Waals surface area contributed by atoms with Gasteiger partial charge in [0.25, 0.3) is 5.91 Å². The van der Waals surface area contributed by atoms with Crippen molar-refractivity contribution in [2.75, 3.05) is 13.1 Å². The van der Waals surface area contributed by atoms with Crippen molar-refractivity contribution in [3.05, 3.63) is 63.6 Å². The topological polar surface area (TPSA) is 104 Å². The van der Waals surface area contributed by atoms with Crippen molar-refractivity contribution in [3.8, 4) is 0 Å². The number of nitrogens with one attached hydrogen (secondary N) is 3. The van der Waals surface area contributed by atoms with Crippen molar-refractivity contribution < 1.29 is 18.0 Å². The van der Waals surface area contributed by atoms with Crippen LogP contribution in [0.15, 0.2) is 47.4 Å². The highest BCUT2D eigenvalue weighted by atomic mass is 35.5. The predicted octanol–water partition coefficient (Wildman–Crippen LogP) is 3.30. The van der Waals surface area contributed by atoms with E-state index in [1.54, 1.807) is 30.3 Å². The molecule has 1 aliphatic carbocycles. The highest BCUT2D eigenvalue weighted by molar-refractivity contribution is 7.89. The number of benzene rings is 2. The molecule has 0 radical (unpaired) electrons. The molecular weight excluding hydrogens is 473 g/mol. The minimum atomic E-state index is -3.52. The quantitative estimate of drug-likeness (QED) is 0.494. The number of amides is 2. The third-order valence-corrected chi connectivity index (χ3v) is 7.32. The van der Waals surface area contributed by atoms with Gasteiger partial charge in [0.05, 0.1) is 22.0 Å². The van der Waals surface area contributed by atoms with Gasteiger partial charge in [-0.25, -0.2) is 13.1 Å². The summed E-state index contributed by atoms with van der Waals surface area (Å²) < 4.78 is 27.7. The summed E-state index contributed by atoms with van der Waals surface area (Å²) in [6, 6.07) is 11.1. The molecule has 0 spiro atoms. The monoisotopic (exact) mass is 497 g/mol. The molecule has 32 heavy (non-hydrogen) atoms. The lowest BCUT2D eigenvalue weighted by atomic mass is 10.1. The zero-order valence-corrected chi connectivity index (χ0v) is 19.7. The maximum atomic E-state index is 12.5. The lowest BCUT2D eigenvalue weighted by molar-refractivity contribution is -0.120. The van der Waals surface area contributed by atoms with Gasteiger partial charge >= 0.3 is 0 Å². The van der Waals surface area contributed by atoms with Crippen LogP contribution in [0.25, 0.3) is 0 Å². The summed E-state index contributed by atoms with van der Waals surface area (Å²) in [5.74, 6) is -0.812.